The van der Waals surface area contributed by atoms with Crippen molar-refractivity contribution in [1.82, 2.24) is 14.9 Å². The van der Waals surface area contributed by atoms with Gasteiger partial charge < -0.3 is 14.6 Å². The summed E-state index contributed by atoms with van der Waals surface area (Å²) in [7, 11) is 1.70. The predicted molar refractivity (Wildman–Crippen MR) is 75.7 cm³/mol. The van der Waals surface area contributed by atoms with Crippen molar-refractivity contribution in [2.45, 2.75) is 25.5 Å². The molecule has 20 heavy (non-hydrogen) atoms. The Balaban J connectivity index is 1.78. The third kappa shape index (κ3) is 2.46. The van der Waals surface area contributed by atoms with Gasteiger partial charge in [-0.1, -0.05) is 0 Å². The summed E-state index contributed by atoms with van der Waals surface area (Å²) in [5.41, 5.74) is 0.518. The Labute approximate surface area is 119 Å². The lowest BCUT2D eigenvalue weighted by Crippen LogP contribution is -2.36. The molecule has 6 nitrogen and oxygen atoms in total. The van der Waals surface area contributed by atoms with Gasteiger partial charge in [0.25, 0.3) is 11.5 Å². The van der Waals surface area contributed by atoms with Crippen molar-refractivity contribution in [3.8, 4) is 0 Å². The van der Waals surface area contributed by atoms with E-state index in [9.17, 15) is 9.59 Å². The number of thiophene rings is 1. The van der Waals surface area contributed by atoms with Crippen molar-refractivity contribution in [1.29, 1.82) is 0 Å². The van der Waals surface area contributed by atoms with Crippen molar-refractivity contribution in [3.05, 3.63) is 27.6 Å². The summed E-state index contributed by atoms with van der Waals surface area (Å²) in [5, 5.41) is 1.83. The van der Waals surface area contributed by atoms with Gasteiger partial charge in [-0.25, -0.2) is 4.98 Å². The van der Waals surface area contributed by atoms with E-state index in [4.69, 9.17) is 4.74 Å². The van der Waals surface area contributed by atoms with Crippen molar-refractivity contribution < 1.29 is 9.53 Å². The first-order valence-corrected chi connectivity index (χ1v) is 7.36. The molecule has 1 N–H and O–H groups in total. The summed E-state index contributed by atoms with van der Waals surface area (Å²) in [6.45, 7) is 0.917. The van der Waals surface area contributed by atoms with Crippen LogP contribution in [0, 0.1) is 0 Å². The van der Waals surface area contributed by atoms with Gasteiger partial charge in [-0.2, -0.15) is 0 Å². The van der Waals surface area contributed by atoms with Crippen LogP contribution in [0.2, 0.25) is 0 Å². The van der Waals surface area contributed by atoms with Crippen LogP contribution in [0.5, 0.6) is 0 Å². The zero-order valence-corrected chi connectivity index (χ0v) is 11.9. The van der Waals surface area contributed by atoms with E-state index in [2.05, 4.69) is 9.97 Å². The van der Waals surface area contributed by atoms with Crippen LogP contribution in [0.4, 0.5) is 0 Å². The normalized spacial score (nSPS) is 18.6. The number of ether oxygens (including phenoxy) is 1. The first kappa shape index (κ1) is 13.3. The Hall–Kier alpha value is -1.73. The molecule has 2 aromatic heterocycles. The topological polar surface area (TPSA) is 75.3 Å². The number of amides is 1. The van der Waals surface area contributed by atoms with Gasteiger partial charge in [0.1, 0.15) is 16.6 Å². The van der Waals surface area contributed by atoms with Crippen molar-refractivity contribution in [2.75, 3.05) is 13.7 Å². The third-order valence-corrected chi connectivity index (χ3v) is 4.23. The second kappa shape index (κ2) is 5.34. The number of hydrogen-bond acceptors (Lipinski definition) is 5. The molecule has 1 atom stereocenters. The number of aromatic nitrogens is 2. The highest BCUT2D eigenvalue weighted by Gasteiger charge is 2.26. The molecule has 1 saturated heterocycles. The van der Waals surface area contributed by atoms with E-state index >= 15 is 0 Å². The molecular weight excluding hydrogens is 278 g/mol. The van der Waals surface area contributed by atoms with E-state index in [1.165, 1.54) is 11.3 Å². The molecule has 2 aromatic rings. The Morgan fingerprint density at radius 3 is 3.25 bits per heavy atom. The molecule has 0 radical (unpaired) electrons. The molecule has 0 saturated carbocycles. The number of aromatic amines is 1. The van der Waals surface area contributed by atoms with E-state index in [1.54, 1.807) is 18.0 Å². The lowest BCUT2D eigenvalue weighted by molar-refractivity contribution is -0.140. The number of nitrogens with one attached hydrogen (secondary N) is 1. The summed E-state index contributed by atoms with van der Waals surface area (Å²) in [5.74, 6) is 0.435. The van der Waals surface area contributed by atoms with Crippen molar-refractivity contribution in [2.24, 2.45) is 0 Å². The Kier molecular flexibility index (Phi) is 3.54. The van der Waals surface area contributed by atoms with Crippen LogP contribution >= 0.6 is 11.3 Å². The maximum absolute atomic E-state index is 12.1. The van der Waals surface area contributed by atoms with Gasteiger partial charge in [-0.05, 0) is 24.3 Å². The van der Waals surface area contributed by atoms with Crippen LogP contribution in [0.15, 0.2) is 16.2 Å². The Morgan fingerprint density at radius 2 is 2.50 bits per heavy atom. The lowest BCUT2D eigenvalue weighted by atomic mass is 10.2. The van der Waals surface area contributed by atoms with Crippen LogP contribution in [0.25, 0.3) is 10.2 Å². The quantitative estimate of drug-likeness (QED) is 0.920. The van der Waals surface area contributed by atoms with Gasteiger partial charge in [0.05, 0.1) is 12.1 Å². The molecule has 7 heteroatoms. The maximum atomic E-state index is 12.1. The fraction of sp³-hybridized carbons (Fsp3) is 0.462. The second-order valence-corrected chi connectivity index (χ2v) is 5.76. The van der Waals surface area contributed by atoms with Gasteiger partial charge in [0, 0.05) is 13.7 Å². The first-order chi connectivity index (χ1) is 9.65. The number of rotatable bonds is 3. The SMILES string of the molecule is CN(Cc1nc2ccsc2c(=O)[nH]1)C(=O)C1CCCO1. The molecule has 0 aliphatic carbocycles. The molecule has 1 fully saturated rings. The Morgan fingerprint density at radius 1 is 1.65 bits per heavy atom. The monoisotopic (exact) mass is 293 g/mol. The van der Waals surface area contributed by atoms with Gasteiger partial charge in [0.15, 0.2) is 0 Å². The van der Waals surface area contributed by atoms with Crippen LogP contribution in [-0.2, 0) is 16.1 Å². The van der Waals surface area contributed by atoms with Crippen molar-refractivity contribution in [3.63, 3.8) is 0 Å². The van der Waals surface area contributed by atoms with Gasteiger partial charge in [-0.3, -0.25) is 9.59 Å². The maximum Gasteiger partial charge on any atom is 0.268 e. The van der Waals surface area contributed by atoms with E-state index in [1.807, 2.05) is 5.38 Å². The average Bonchev–Trinajstić information content (AvgIpc) is 3.08. The minimum absolute atomic E-state index is 0.0597. The summed E-state index contributed by atoms with van der Waals surface area (Å²) in [6.07, 6.45) is 1.33. The van der Waals surface area contributed by atoms with Gasteiger partial charge in [0.2, 0.25) is 0 Å². The molecule has 0 aromatic carbocycles. The lowest BCUT2D eigenvalue weighted by Gasteiger charge is -2.19. The predicted octanol–water partition coefficient (Wildman–Crippen LogP) is 1.12. The van der Waals surface area contributed by atoms with E-state index in [0.29, 0.717) is 22.6 Å². The smallest absolute Gasteiger partial charge is 0.268 e. The zero-order valence-electron chi connectivity index (χ0n) is 11.1. The Bertz CT molecular complexity index is 687. The molecule has 3 rings (SSSR count). The number of carbonyl (C=O) groups excluding carboxylic acids is 1. The largest absolute Gasteiger partial charge is 0.368 e. The highest BCUT2D eigenvalue weighted by molar-refractivity contribution is 7.17. The van der Waals surface area contributed by atoms with Crippen LogP contribution < -0.4 is 5.56 Å². The molecule has 1 amide bonds. The molecular formula is C13H15N3O3S. The average molecular weight is 293 g/mol. The van der Waals surface area contributed by atoms with Crippen molar-refractivity contribution >= 4 is 27.5 Å². The summed E-state index contributed by atoms with van der Waals surface area (Å²) in [4.78, 5) is 32.6. The fourth-order valence-electron chi connectivity index (χ4n) is 2.32. The minimum atomic E-state index is -0.350. The first-order valence-electron chi connectivity index (χ1n) is 6.48. The molecule has 106 valence electrons. The molecule has 1 aliphatic heterocycles. The highest BCUT2D eigenvalue weighted by Crippen LogP contribution is 2.16. The number of hydrogen-bond donors (Lipinski definition) is 1. The van der Waals surface area contributed by atoms with Crippen LogP contribution in [0.1, 0.15) is 18.7 Å². The number of likely N-dealkylation sites (N-methyl/N-ethyl adjacent to an activating group) is 1. The number of H-pyrrole nitrogens is 1. The number of fused-ring (bicyclic) bond motifs is 1. The highest BCUT2D eigenvalue weighted by atomic mass is 32.1. The van der Waals surface area contributed by atoms with E-state index < -0.39 is 0 Å². The summed E-state index contributed by atoms with van der Waals surface area (Å²) < 4.78 is 5.99. The third-order valence-electron chi connectivity index (χ3n) is 3.33. The zero-order chi connectivity index (χ0) is 14.1. The van der Waals surface area contributed by atoms with E-state index in [-0.39, 0.29) is 24.1 Å². The fourth-order valence-corrected chi connectivity index (χ4v) is 3.04. The minimum Gasteiger partial charge on any atom is -0.368 e. The molecule has 3 heterocycles. The van der Waals surface area contributed by atoms with Gasteiger partial charge in [-0.15, -0.1) is 11.3 Å². The molecule has 0 spiro atoms. The summed E-state index contributed by atoms with van der Waals surface area (Å²) in [6, 6.07) is 1.81. The van der Waals surface area contributed by atoms with Gasteiger partial charge >= 0.3 is 0 Å². The number of carbonyl (C=O) groups is 1. The summed E-state index contributed by atoms with van der Waals surface area (Å²) >= 11 is 1.36. The molecule has 0 bridgehead atoms. The number of nitrogens with zero attached hydrogens (tertiary/aromatic N) is 2. The van der Waals surface area contributed by atoms with E-state index in [0.717, 1.165) is 12.8 Å². The van der Waals surface area contributed by atoms with Crippen LogP contribution in [0.3, 0.4) is 0 Å². The second-order valence-electron chi connectivity index (χ2n) is 4.84. The van der Waals surface area contributed by atoms with Crippen LogP contribution in [-0.4, -0.2) is 40.5 Å². The molecule has 1 aliphatic rings. The molecule has 1 unspecified atom stereocenters. The standard InChI is InChI=1S/C13H15N3O3S/c1-16(13(18)9-3-2-5-19-9)7-10-14-8-4-6-20-11(8)12(17)15-10/h4,6,9H,2-3,5,7H2,1H3,(H,14,15,17).